The fourth-order valence-corrected chi connectivity index (χ4v) is 2.85. The molecule has 0 aliphatic heterocycles. The summed E-state index contributed by atoms with van der Waals surface area (Å²) in [5.74, 6) is 0. The number of rotatable bonds is 5. The van der Waals surface area contributed by atoms with E-state index < -0.39 is 6.10 Å². The summed E-state index contributed by atoms with van der Waals surface area (Å²) in [5, 5.41) is 15.8. The molecule has 2 rings (SSSR count). The third kappa shape index (κ3) is 3.79. The molecule has 0 aliphatic rings. The van der Waals surface area contributed by atoms with Gasteiger partial charge in [0.2, 0.25) is 0 Å². The minimum absolute atomic E-state index is 0.428. The van der Waals surface area contributed by atoms with Crippen LogP contribution in [0.25, 0.3) is 0 Å². The molecule has 0 saturated heterocycles. The minimum Gasteiger partial charge on any atom is -0.382 e. The number of aliphatic hydroxyl groups excluding tert-OH is 1. The first kappa shape index (κ1) is 16.8. The van der Waals surface area contributed by atoms with Crippen LogP contribution in [-0.2, 0) is 6.54 Å². The highest BCUT2D eigenvalue weighted by atomic mass is 79.9. The molecule has 0 bridgehead atoms. The van der Waals surface area contributed by atoms with Crippen molar-refractivity contribution in [3.05, 3.63) is 50.2 Å². The minimum atomic E-state index is -0.924. The maximum atomic E-state index is 10.6. The molecule has 0 radical (unpaired) electrons. The number of hydrogen-bond acceptors (Lipinski definition) is 3. The molecule has 0 fully saturated rings. The van der Waals surface area contributed by atoms with E-state index in [-0.39, 0.29) is 0 Å². The SMILES string of the molecule is CN(C)CCn1ncc(Cl)c1C(O)c1cccc(Br)c1Cl. The van der Waals surface area contributed by atoms with Gasteiger partial charge in [-0.1, -0.05) is 35.3 Å². The predicted octanol–water partition coefficient (Wildman–Crippen LogP) is 3.60. The van der Waals surface area contributed by atoms with E-state index in [1.807, 2.05) is 31.1 Å². The average Bonchev–Trinajstić information content (AvgIpc) is 2.80. The third-order valence-electron chi connectivity index (χ3n) is 3.13. The van der Waals surface area contributed by atoms with Crippen LogP contribution >= 0.6 is 39.1 Å². The van der Waals surface area contributed by atoms with Crippen LogP contribution in [0.2, 0.25) is 10.0 Å². The average molecular weight is 393 g/mol. The smallest absolute Gasteiger partial charge is 0.124 e. The highest BCUT2D eigenvalue weighted by Crippen LogP contribution is 2.35. The summed E-state index contributed by atoms with van der Waals surface area (Å²) in [4.78, 5) is 2.04. The van der Waals surface area contributed by atoms with Crippen molar-refractivity contribution < 1.29 is 5.11 Å². The van der Waals surface area contributed by atoms with E-state index >= 15 is 0 Å². The summed E-state index contributed by atoms with van der Waals surface area (Å²) >= 11 is 15.8. The molecular weight excluding hydrogens is 377 g/mol. The molecule has 1 aromatic carbocycles. The second-order valence-electron chi connectivity index (χ2n) is 4.95. The lowest BCUT2D eigenvalue weighted by Crippen LogP contribution is -2.21. The van der Waals surface area contributed by atoms with Gasteiger partial charge in [-0.15, -0.1) is 0 Å². The molecule has 7 heteroatoms. The zero-order valence-corrected chi connectivity index (χ0v) is 14.8. The summed E-state index contributed by atoms with van der Waals surface area (Å²) in [6, 6.07) is 5.42. The van der Waals surface area contributed by atoms with E-state index in [2.05, 4.69) is 21.0 Å². The van der Waals surface area contributed by atoms with Crippen LogP contribution in [0.4, 0.5) is 0 Å². The van der Waals surface area contributed by atoms with Crippen molar-refractivity contribution in [2.75, 3.05) is 20.6 Å². The van der Waals surface area contributed by atoms with Crippen molar-refractivity contribution in [1.82, 2.24) is 14.7 Å². The quantitative estimate of drug-likeness (QED) is 0.845. The van der Waals surface area contributed by atoms with E-state index in [4.69, 9.17) is 23.2 Å². The molecule has 1 unspecified atom stereocenters. The molecule has 0 amide bonds. The number of aliphatic hydroxyl groups is 1. The van der Waals surface area contributed by atoms with Crippen molar-refractivity contribution in [3.63, 3.8) is 0 Å². The molecule has 4 nitrogen and oxygen atoms in total. The van der Waals surface area contributed by atoms with Crippen LogP contribution in [0.15, 0.2) is 28.9 Å². The van der Waals surface area contributed by atoms with E-state index in [9.17, 15) is 5.11 Å². The summed E-state index contributed by atoms with van der Waals surface area (Å²) in [6.45, 7) is 1.43. The van der Waals surface area contributed by atoms with Crippen LogP contribution in [0.5, 0.6) is 0 Å². The number of halogens is 3. The van der Waals surface area contributed by atoms with Crippen LogP contribution < -0.4 is 0 Å². The first-order chi connectivity index (χ1) is 9.91. The first-order valence-electron chi connectivity index (χ1n) is 6.39. The molecule has 0 saturated carbocycles. The van der Waals surface area contributed by atoms with Gasteiger partial charge in [-0.05, 0) is 36.1 Å². The lowest BCUT2D eigenvalue weighted by molar-refractivity contribution is 0.205. The van der Waals surface area contributed by atoms with Gasteiger partial charge >= 0.3 is 0 Å². The second-order valence-corrected chi connectivity index (χ2v) is 6.59. The summed E-state index contributed by atoms with van der Waals surface area (Å²) in [7, 11) is 3.96. The van der Waals surface area contributed by atoms with Gasteiger partial charge in [0, 0.05) is 16.6 Å². The van der Waals surface area contributed by atoms with E-state index in [1.165, 1.54) is 0 Å². The normalized spacial score (nSPS) is 12.9. The fourth-order valence-electron chi connectivity index (χ4n) is 2.00. The van der Waals surface area contributed by atoms with E-state index in [0.29, 0.717) is 27.8 Å². The van der Waals surface area contributed by atoms with Crippen molar-refractivity contribution in [2.24, 2.45) is 0 Å². The Morgan fingerprint density at radius 3 is 2.76 bits per heavy atom. The Labute approximate surface area is 142 Å². The number of benzene rings is 1. The monoisotopic (exact) mass is 391 g/mol. The van der Waals surface area contributed by atoms with Crippen molar-refractivity contribution in [3.8, 4) is 0 Å². The van der Waals surface area contributed by atoms with Gasteiger partial charge in [0.25, 0.3) is 0 Å². The first-order valence-corrected chi connectivity index (χ1v) is 7.94. The molecule has 1 aromatic heterocycles. The Balaban J connectivity index is 2.36. The van der Waals surface area contributed by atoms with Gasteiger partial charge in [-0.3, -0.25) is 4.68 Å². The van der Waals surface area contributed by atoms with Gasteiger partial charge in [-0.25, -0.2) is 0 Å². The highest BCUT2D eigenvalue weighted by Gasteiger charge is 2.22. The van der Waals surface area contributed by atoms with Gasteiger partial charge in [0.05, 0.1) is 28.5 Å². The topological polar surface area (TPSA) is 41.3 Å². The van der Waals surface area contributed by atoms with Gasteiger partial charge in [0.1, 0.15) is 6.10 Å². The van der Waals surface area contributed by atoms with Gasteiger partial charge < -0.3 is 10.0 Å². The van der Waals surface area contributed by atoms with Crippen LogP contribution in [0.1, 0.15) is 17.4 Å². The predicted molar refractivity (Wildman–Crippen MR) is 89.0 cm³/mol. The van der Waals surface area contributed by atoms with Crippen LogP contribution in [0, 0.1) is 0 Å². The molecular formula is C14H16BrCl2N3O. The van der Waals surface area contributed by atoms with Gasteiger partial charge in [-0.2, -0.15) is 5.10 Å². The zero-order valence-electron chi connectivity index (χ0n) is 11.7. The Kier molecular flexibility index (Phi) is 5.68. The Bertz CT molecular complexity index is 631. The van der Waals surface area contributed by atoms with Crippen LogP contribution in [-0.4, -0.2) is 40.4 Å². The summed E-state index contributed by atoms with van der Waals surface area (Å²) in [5.41, 5.74) is 1.15. The molecule has 0 spiro atoms. The highest BCUT2D eigenvalue weighted by molar-refractivity contribution is 9.10. The fraction of sp³-hybridized carbons (Fsp3) is 0.357. The van der Waals surface area contributed by atoms with Crippen molar-refractivity contribution >= 4 is 39.1 Å². The maximum absolute atomic E-state index is 10.6. The largest absolute Gasteiger partial charge is 0.382 e. The van der Waals surface area contributed by atoms with Crippen molar-refractivity contribution in [1.29, 1.82) is 0 Å². The molecule has 0 aliphatic carbocycles. The molecule has 1 atom stereocenters. The van der Waals surface area contributed by atoms with E-state index in [0.717, 1.165) is 11.0 Å². The van der Waals surface area contributed by atoms with Crippen LogP contribution in [0.3, 0.4) is 0 Å². The maximum Gasteiger partial charge on any atom is 0.124 e. The number of likely N-dealkylation sites (N-methyl/N-ethyl adjacent to an activating group) is 1. The summed E-state index contributed by atoms with van der Waals surface area (Å²) < 4.78 is 2.45. The number of aromatic nitrogens is 2. The molecule has 1 heterocycles. The molecule has 1 N–H and O–H groups in total. The second kappa shape index (κ2) is 7.11. The lowest BCUT2D eigenvalue weighted by Gasteiger charge is -2.17. The lowest BCUT2D eigenvalue weighted by atomic mass is 10.1. The third-order valence-corrected chi connectivity index (χ3v) is 4.73. The Hall–Kier alpha value is -0.590. The number of nitrogens with zero attached hydrogens (tertiary/aromatic N) is 3. The molecule has 21 heavy (non-hydrogen) atoms. The van der Waals surface area contributed by atoms with E-state index in [1.54, 1.807) is 16.9 Å². The molecule has 2 aromatic rings. The molecule has 114 valence electrons. The Morgan fingerprint density at radius 1 is 1.38 bits per heavy atom. The zero-order chi connectivity index (χ0) is 15.6. The Morgan fingerprint density at radius 2 is 2.10 bits per heavy atom. The van der Waals surface area contributed by atoms with Gasteiger partial charge in [0.15, 0.2) is 0 Å². The standard InChI is InChI=1S/C14H16BrCl2N3O/c1-19(2)6-7-20-13(11(16)8-18-20)14(21)9-4-3-5-10(15)12(9)17/h3-5,8,14,21H,6-7H2,1-2H3. The van der Waals surface area contributed by atoms with Crippen molar-refractivity contribution in [2.45, 2.75) is 12.6 Å². The number of hydrogen-bond donors (Lipinski definition) is 1. The summed E-state index contributed by atoms with van der Waals surface area (Å²) in [6.07, 6.45) is 0.619.